The van der Waals surface area contributed by atoms with E-state index in [9.17, 15) is 4.79 Å². The molecule has 0 saturated heterocycles. The van der Waals surface area contributed by atoms with Crippen LogP contribution in [0.15, 0.2) is 15.4 Å². The SMILES string of the molecule is N#CC[C@@H](N)c1cc(=O)o[nH]1. The fraction of sp³-hybridized carbons (Fsp3) is 0.333. The molecule has 0 aromatic carbocycles. The van der Waals surface area contributed by atoms with Gasteiger partial charge in [0.25, 0.3) is 0 Å². The maximum absolute atomic E-state index is 10.5. The molecule has 0 amide bonds. The molecule has 0 aliphatic heterocycles. The zero-order valence-corrected chi connectivity index (χ0v) is 5.70. The summed E-state index contributed by atoms with van der Waals surface area (Å²) in [5, 5.41) is 10.6. The van der Waals surface area contributed by atoms with Gasteiger partial charge in [-0.3, -0.25) is 0 Å². The first-order valence-corrected chi connectivity index (χ1v) is 3.05. The van der Waals surface area contributed by atoms with Crippen molar-refractivity contribution in [2.75, 3.05) is 0 Å². The van der Waals surface area contributed by atoms with Crippen molar-refractivity contribution in [1.29, 1.82) is 5.26 Å². The van der Waals surface area contributed by atoms with Crippen LogP contribution in [0.25, 0.3) is 0 Å². The van der Waals surface area contributed by atoms with Gasteiger partial charge in [0.05, 0.1) is 24.2 Å². The fourth-order valence-corrected chi connectivity index (χ4v) is 0.686. The van der Waals surface area contributed by atoms with Gasteiger partial charge in [-0.15, -0.1) is 0 Å². The number of nitrogens with zero attached hydrogens (tertiary/aromatic N) is 1. The highest BCUT2D eigenvalue weighted by Crippen LogP contribution is 2.06. The van der Waals surface area contributed by atoms with E-state index in [-0.39, 0.29) is 6.42 Å². The molecular weight excluding hydrogens is 146 g/mol. The topological polar surface area (TPSA) is 95.8 Å². The summed E-state index contributed by atoms with van der Waals surface area (Å²) in [4.78, 5) is 10.5. The second-order valence-corrected chi connectivity index (χ2v) is 2.09. The zero-order chi connectivity index (χ0) is 8.27. The minimum absolute atomic E-state index is 0.162. The number of nitriles is 1. The number of hydrogen-bond donors (Lipinski definition) is 2. The lowest BCUT2D eigenvalue weighted by Gasteiger charge is -1.99. The van der Waals surface area contributed by atoms with Crippen molar-refractivity contribution in [3.05, 3.63) is 22.2 Å². The van der Waals surface area contributed by atoms with Gasteiger partial charge < -0.3 is 10.3 Å². The Labute approximate surface area is 62.4 Å². The largest absolute Gasteiger partial charge is 0.357 e. The average Bonchev–Trinajstić information content (AvgIpc) is 2.36. The van der Waals surface area contributed by atoms with Gasteiger partial charge in [0, 0.05) is 6.07 Å². The maximum Gasteiger partial charge on any atom is 0.357 e. The Morgan fingerprint density at radius 2 is 2.64 bits per heavy atom. The Bertz CT molecular complexity index is 319. The number of rotatable bonds is 2. The Morgan fingerprint density at radius 3 is 3.09 bits per heavy atom. The van der Waals surface area contributed by atoms with Gasteiger partial charge in [-0.1, -0.05) is 0 Å². The smallest absolute Gasteiger partial charge is 0.339 e. The molecule has 0 spiro atoms. The van der Waals surface area contributed by atoms with Crippen molar-refractivity contribution in [2.45, 2.75) is 12.5 Å². The van der Waals surface area contributed by atoms with Crippen molar-refractivity contribution in [3.63, 3.8) is 0 Å². The average molecular weight is 153 g/mol. The minimum atomic E-state index is -0.478. The highest BCUT2D eigenvalue weighted by atomic mass is 16.5. The van der Waals surface area contributed by atoms with E-state index in [0.29, 0.717) is 5.69 Å². The highest BCUT2D eigenvalue weighted by molar-refractivity contribution is 5.04. The van der Waals surface area contributed by atoms with Crippen LogP contribution in [0.5, 0.6) is 0 Å². The molecule has 0 bridgehead atoms. The van der Waals surface area contributed by atoms with Gasteiger partial charge in [-0.2, -0.15) is 5.26 Å². The van der Waals surface area contributed by atoms with Crippen molar-refractivity contribution in [2.24, 2.45) is 5.73 Å². The summed E-state index contributed by atoms with van der Waals surface area (Å²) in [6, 6.07) is 2.66. The van der Waals surface area contributed by atoms with Gasteiger partial charge in [0.2, 0.25) is 0 Å². The molecule has 1 rings (SSSR count). The Hall–Kier alpha value is -1.54. The first kappa shape index (κ1) is 7.57. The van der Waals surface area contributed by atoms with Crippen molar-refractivity contribution in [1.82, 2.24) is 5.16 Å². The van der Waals surface area contributed by atoms with Crippen molar-refractivity contribution < 1.29 is 4.52 Å². The fourth-order valence-electron chi connectivity index (χ4n) is 0.686. The predicted octanol–water partition coefficient (Wildman–Crippen LogP) is -0.119. The molecule has 0 fully saturated rings. The van der Waals surface area contributed by atoms with Gasteiger partial charge in [-0.05, 0) is 0 Å². The molecule has 0 saturated carbocycles. The molecule has 3 N–H and O–H groups in total. The van der Waals surface area contributed by atoms with Gasteiger partial charge in [-0.25, -0.2) is 9.95 Å². The molecule has 1 aromatic heterocycles. The molecule has 0 radical (unpaired) electrons. The monoisotopic (exact) mass is 153 g/mol. The van der Waals surface area contributed by atoms with Crippen LogP contribution in [0.4, 0.5) is 0 Å². The Morgan fingerprint density at radius 1 is 1.91 bits per heavy atom. The Balaban J connectivity index is 2.78. The summed E-state index contributed by atoms with van der Waals surface area (Å²) < 4.78 is 4.36. The number of nitrogens with one attached hydrogen (secondary N) is 1. The normalized spacial score (nSPS) is 12.4. The summed E-state index contributed by atoms with van der Waals surface area (Å²) in [5.41, 5.74) is 5.44. The summed E-state index contributed by atoms with van der Waals surface area (Å²) in [6.07, 6.45) is 0.162. The second-order valence-electron chi connectivity index (χ2n) is 2.09. The summed E-state index contributed by atoms with van der Waals surface area (Å²) in [5.74, 6) is 0. The highest BCUT2D eigenvalue weighted by Gasteiger charge is 2.07. The number of nitrogens with two attached hydrogens (primary N) is 1. The first-order valence-electron chi connectivity index (χ1n) is 3.05. The van der Waals surface area contributed by atoms with Crippen LogP contribution < -0.4 is 11.4 Å². The van der Waals surface area contributed by atoms with Crippen LogP contribution in [0, 0.1) is 11.3 Å². The minimum Gasteiger partial charge on any atom is -0.339 e. The molecule has 0 unspecified atom stereocenters. The van der Waals surface area contributed by atoms with Gasteiger partial charge in [0.1, 0.15) is 0 Å². The number of aromatic nitrogens is 1. The lowest BCUT2D eigenvalue weighted by Crippen LogP contribution is -2.09. The third-order valence-corrected chi connectivity index (χ3v) is 1.25. The molecule has 11 heavy (non-hydrogen) atoms. The van der Waals surface area contributed by atoms with E-state index in [1.54, 1.807) is 0 Å². The number of hydrogen-bond acceptors (Lipinski definition) is 4. The summed E-state index contributed by atoms with van der Waals surface area (Å²) in [7, 11) is 0. The summed E-state index contributed by atoms with van der Waals surface area (Å²) >= 11 is 0. The van der Waals surface area contributed by atoms with Crippen molar-refractivity contribution in [3.8, 4) is 6.07 Å². The van der Waals surface area contributed by atoms with E-state index in [1.807, 2.05) is 6.07 Å². The molecule has 5 heteroatoms. The lowest BCUT2D eigenvalue weighted by molar-refractivity contribution is 0.380. The van der Waals surface area contributed by atoms with Crippen LogP contribution in [0.1, 0.15) is 18.2 Å². The predicted molar refractivity (Wildman–Crippen MR) is 36.5 cm³/mol. The quantitative estimate of drug-likeness (QED) is 0.619. The van der Waals surface area contributed by atoms with Crippen LogP contribution in [0.2, 0.25) is 0 Å². The molecule has 0 aliphatic carbocycles. The van der Waals surface area contributed by atoms with Crippen LogP contribution in [-0.4, -0.2) is 5.16 Å². The van der Waals surface area contributed by atoms with E-state index < -0.39 is 11.7 Å². The third-order valence-electron chi connectivity index (χ3n) is 1.25. The van der Waals surface area contributed by atoms with E-state index >= 15 is 0 Å². The van der Waals surface area contributed by atoms with Gasteiger partial charge in [0.15, 0.2) is 0 Å². The molecule has 1 heterocycles. The molecule has 1 aromatic rings. The molecular formula is C6H7N3O2. The maximum atomic E-state index is 10.5. The van der Waals surface area contributed by atoms with E-state index in [2.05, 4.69) is 9.68 Å². The van der Waals surface area contributed by atoms with E-state index in [4.69, 9.17) is 11.0 Å². The lowest BCUT2D eigenvalue weighted by atomic mass is 10.2. The van der Waals surface area contributed by atoms with Crippen molar-refractivity contribution >= 4 is 0 Å². The van der Waals surface area contributed by atoms with Gasteiger partial charge >= 0.3 is 5.63 Å². The standard InChI is InChI=1S/C6H7N3O2/c7-2-1-4(8)5-3-6(10)11-9-5/h3-4,9H,1,8H2/t4-/m1/s1. The number of aromatic amines is 1. The van der Waals surface area contributed by atoms with E-state index in [0.717, 1.165) is 0 Å². The van der Waals surface area contributed by atoms with Crippen LogP contribution >= 0.6 is 0 Å². The van der Waals surface area contributed by atoms with Crippen LogP contribution in [-0.2, 0) is 0 Å². The molecule has 1 atom stereocenters. The molecule has 0 aliphatic rings. The Kier molecular flexibility index (Phi) is 2.09. The molecule has 5 nitrogen and oxygen atoms in total. The second kappa shape index (κ2) is 3.03. The van der Waals surface area contributed by atoms with E-state index in [1.165, 1.54) is 6.07 Å². The third kappa shape index (κ3) is 1.69. The van der Waals surface area contributed by atoms with Crippen LogP contribution in [0.3, 0.4) is 0 Å². The number of H-pyrrole nitrogens is 1. The first-order chi connectivity index (χ1) is 5.24. The molecule has 58 valence electrons. The zero-order valence-electron chi connectivity index (χ0n) is 5.70. The summed E-state index contributed by atoms with van der Waals surface area (Å²) in [6.45, 7) is 0.